The molecule has 0 unspecified atom stereocenters. The van der Waals surface area contributed by atoms with Crippen LogP contribution in [0.25, 0.3) is 11.6 Å². The van der Waals surface area contributed by atoms with E-state index >= 15 is 0 Å². The van der Waals surface area contributed by atoms with Gasteiger partial charge in [-0.3, -0.25) is 0 Å². The first-order valence-electron chi connectivity index (χ1n) is 7.69. The number of methoxy groups -OCH3 is 2. The molecule has 0 aliphatic carbocycles. The van der Waals surface area contributed by atoms with Crippen LogP contribution in [-0.4, -0.2) is 38.5 Å². The van der Waals surface area contributed by atoms with Gasteiger partial charge >= 0.3 is 5.97 Å². The summed E-state index contributed by atoms with van der Waals surface area (Å²) in [6, 6.07) is 10.3. The molecule has 0 amide bonds. The van der Waals surface area contributed by atoms with Crippen molar-refractivity contribution in [2.24, 2.45) is 0 Å². The van der Waals surface area contributed by atoms with E-state index in [1.807, 2.05) is 0 Å². The number of hydrogen-bond donors (Lipinski definition) is 1. The summed E-state index contributed by atoms with van der Waals surface area (Å²) in [6.45, 7) is 0.918. The van der Waals surface area contributed by atoms with E-state index in [-0.39, 0.29) is 5.57 Å². The van der Waals surface area contributed by atoms with Gasteiger partial charge in [-0.15, -0.1) is 0 Å². The van der Waals surface area contributed by atoms with Crippen LogP contribution in [0.3, 0.4) is 0 Å². The van der Waals surface area contributed by atoms with Crippen LogP contribution in [0.1, 0.15) is 11.1 Å². The van der Waals surface area contributed by atoms with E-state index in [4.69, 9.17) is 18.9 Å². The highest BCUT2D eigenvalue weighted by molar-refractivity contribution is 6.21. The third-order valence-corrected chi connectivity index (χ3v) is 3.82. The number of carbonyl (C=O) groups is 1. The first-order valence-corrected chi connectivity index (χ1v) is 7.69. The second-order valence-corrected chi connectivity index (χ2v) is 5.33. The fraction of sp³-hybridized carbons (Fsp3) is 0.211. The number of hydrogen-bond acceptors (Lipinski definition) is 5. The number of ether oxygens (including phenoxy) is 4. The first kappa shape index (κ1) is 16.7. The smallest absolute Gasteiger partial charge is 0.336 e. The Bertz CT molecular complexity index is 825. The summed E-state index contributed by atoms with van der Waals surface area (Å²) in [7, 11) is 3.08. The molecule has 0 aromatic heterocycles. The summed E-state index contributed by atoms with van der Waals surface area (Å²) in [4.78, 5) is 11.8. The second-order valence-electron chi connectivity index (χ2n) is 5.33. The molecule has 25 heavy (non-hydrogen) atoms. The monoisotopic (exact) mass is 342 g/mol. The van der Waals surface area contributed by atoms with Crippen LogP contribution < -0.4 is 18.9 Å². The lowest BCUT2D eigenvalue weighted by molar-refractivity contribution is -0.130. The molecule has 0 saturated carbocycles. The molecule has 3 rings (SSSR count). The van der Waals surface area contributed by atoms with Crippen LogP contribution in [-0.2, 0) is 4.79 Å². The standard InChI is InChI=1S/C19H18O6/c1-22-14-4-6-16(23-2)13(9-14)10-15(19(20)21)12-3-5-17-18(11-12)25-8-7-24-17/h3-6,9-11H,7-8H2,1-2H3,(H,20,21)/b15-10-. The van der Waals surface area contributed by atoms with Crippen LogP contribution in [0.15, 0.2) is 36.4 Å². The molecule has 1 N–H and O–H groups in total. The topological polar surface area (TPSA) is 74.2 Å². The average molecular weight is 342 g/mol. The van der Waals surface area contributed by atoms with Gasteiger partial charge in [0.05, 0.1) is 19.8 Å². The summed E-state index contributed by atoms with van der Waals surface area (Å²) in [5.74, 6) is 1.25. The number of fused-ring (bicyclic) bond motifs is 1. The van der Waals surface area contributed by atoms with E-state index in [0.717, 1.165) is 0 Å². The molecule has 2 aromatic carbocycles. The van der Waals surface area contributed by atoms with Crippen LogP contribution in [0.5, 0.6) is 23.0 Å². The van der Waals surface area contributed by atoms with Gasteiger partial charge in [-0.2, -0.15) is 0 Å². The van der Waals surface area contributed by atoms with Crippen LogP contribution in [0, 0.1) is 0 Å². The van der Waals surface area contributed by atoms with E-state index in [2.05, 4.69) is 0 Å². The molecule has 2 aromatic rings. The lowest BCUT2D eigenvalue weighted by Gasteiger charge is -2.19. The average Bonchev–Trinajstić information content (AvgIpc) is 2.65. The number of carboxylic acid groups (broad SMARTS) is 1. The maximum atomic E-state index is 11.8. The molecule has 1 aliphatic rings. The molecule has 0 fully saturated rings. The Morgan fingerprint density at radius 2 is 1.80 bits per heavy atom. The Balaban J connectivity index is 2.07. The summed E-state index contributed by atoms with van der Waals surface area (Å²) in [5, 5.41) is 9.67. The Hall–Kier alpha value is -3.15. The molecule has 0 bridgehead atoms. The predicted octanol–water partition coefficient (Wildman–Crippen LogP) is 3.10. The first-order chi connectivity index (χ1) is 12.1. The van der Waals surface area contributed by atoms with Gasteiger partial charge in [0.15, 0.2) is 11.5 Å². The van der Waals surface area contributed by atoms with Crippen molar-refractivity contribution in [1.82, 2.24) is 0 Å². The quantitative estimate of drug-likeness (QED) is 0.665. The van der Waals surface area contributed by atoms with Crippen molar-refractivity contribution in [3.8, 4) is 23.0 Å². The zero-order chi connectivity index (χ0) is 17.8. The summed E-state index contributed by atoms with van der Waals surface area (Å²) >= 11 is 0. The summed E-state index contributed by atoms with van der Waals surface area (Å²) in [5.41, 5.74) is 1.24. The van der Waals surface area contributed by atoms with E-state index in [9.17, 15) is 9.90 Å². The summed E-state index contributed by atoms with van der Waals surface area (Å²) in [6.07, 6.45) is 1.55. The Morgan fingerprint density at radius 1 is 1.04 bits per heavy atom. The lowest BCUT2D eigenvalue weighted by Crippen LogP contribution is -2.15. The molecule has 1 heterocycles. The van der Waals surface area contributed by atoms with E-state index < -0.39 is 5.97 Å². The Morgan fingerprint density at radius 3 is 2.48 bits per heavy atom. The van der Waals surface area contributed by atoms with Gasteiger partial charge in [0, 0.05) is 5.56 Å². The van der Waals surface area contributed by atoms with Crippen molar-refractivity contribution in [3.05, 3.63) is 47.5 Å². The molecule has 0 atom stereocenters. The molecule has 0 saturated heterocycles. The molecular weight excluding hydrogens is 324 g/mol. The zero-order valence-corrected chi connectivity index (χ0v) is 13.9. The van der Waals surface area contributed by atoms with E-state index in [1.165, 1.54) is 7.11 Å². The van der Waals surface area contributed by atoms with Crippen molar-refractivity contribution in [3.63, 3.8) is 0 Å². The normalized spacial score (nSPS) is 13.3. The molecule has 1 aliphatic heterocycles. The van der Waals surface area contributed by atoms with Crippen molar-refractivity contribution in [2.45, 2.75) is 0 Å². The minimum atomic E-state index is -1.05. The fourth-order valence-electron chi connectivity index (χ4n) is 2.59. The van der Waals surface area contributed by atoms with Gasteiger partial charge < -0.3 is 24.1 Å². The van der Waals surface area contributed by atoms with Crippen molar-refractivity contribution in [1.29, 1.82) is 0 Å². The van der Waals surface area contributed by atoms with Gasteiger partial charge in [-0.05, 0) is 42.0 Å². The number of carboxylic acids is 1. The third-order valence-electron chi connectivity index (χ3n) is 3.82. The number of benzene rings is 2. The van der Waals surface area contributed by atoms with E-state index in [1.54, 1.807) is 49.6 Å². The Kier molecular flexibility index (Phi) is 4.79. The van der Waals surface area contributed by atoms with Gasteiger partial charge in [-0.1, -0.05) is 6.07 Å². The minimum Gasteiger partial charge on any atom is -0.497 e. The van der Waals surface area contributed by atoms with Gasteiger partial charge in [0.1, 0.15) is 24.7 Å². The maximum absolute atomic E-state index is 11.8. The zero-order valence-electron chi connectivity index (χ0n) is 13.9. The highest BCUT2D eigenvalue weighted by Gasteiger charge is 2.17. The van der Waals surface area contributed by atoms with Crippen LogP contribution >= 0.6 is 0 Å². The third kappa shape index (κ3) is 3.52. The lowest BCUT2D eigenvalue weighted by atomic mass is 10.0. The molecule has 0 radical (unpaired) electrons. The molecule has 6 heteroatoms. The van der Waals surface area contributed by atoms with Crippen molar-refractivity contribution < 1.29 is 28.8 Å². The fourth-order valence-corrected chi connectivity index (χ4v) is 2.59. The highest BCUT2D eigenvalue weighted by Crippen LogP contribution is 2.34. The van der Waals surface area contributed by atoms with Crippen molar-refractivity contribution >= 4 is 17.6 Å². The van der Waals surface area contributed by atoms with E-state index in [0.29, 0.717) is 47.3 Å². The largest absolute Gasteiger partial charge is 0.497 e. The number of rotatable bonds is 5. The molecule has 6 nitrogen and oxygen atoms in total. The van der Waals surface area contributed by atoms with Crippen LogP contribution in [0.2, 0.25) is 0 Å². The van der Waals surface area contributed by atoms with Gasteiger partial charge in [-0.25, -0.2) is 4.79 Å². The van der Waals surface area contributed by atoms with Gasteiger partial charge in [0.2, 0.25) is 0 Å². The van der Waals surface area contributed by atoms with Crippen LogP contribution in [0.4, 0.5) is 0 Å². The molecule has 130 valence electrons. The SMILES string of the molecule is COc1ccc(OC)c(/C=C(\C(=O)O)c2ccc3c(c2)OCCO3)c1. The maximum Gasteiger partial charge on any atom is 0.336 e. The highest BCUT2D eigenvalue weighted by atomic mass is 16.6. The van der Waals surface area contributed by atoms with Gasteiger partial charge in [0.25, 0.3) is 0 Å². The predicted molar refractivity (Wildman–Crippen MR) is 92.5 cm³/mol. The van der Waals surface area contributed by atoms with Crippen molar-refractivity contribution in [2.75, 3.05) is 27.4 Å². The summed E-state index contributed by atoms with van der Waals surface area (Å²) < 4.78 is 21.5. The number of aliphatic carboxylic acids is 1. The Labute approximate surface area is 145 Å². The molecule has 0 spiro atoms. The second kappa shape index (κ2) is 7.17. The molecular formula is C19H18O6. The minimum absolute atomic E-state index is 0.114.